The van der Waals surface area contributed by atoms with Crippen molar-refractivity contribution in [3.05, 3.63) is 35.9 Å². The molecular weight excluding hydrogens is 296 g/mol. The first-order valence-electron chi connectivity index (χ1n) is 7.82. The van der Waals surface area contributed by atoms with Crippen molar-refractivity contribution in [3.63, 3.8) is 0 Å². The number of rotatable bonds is 5. The Kier molecular flexibility index (Phi) is 7.63. The van der Waals surface area contributed by atoms with Crippen LogP contribution in [-0.2, 0) is 0 Å². The summed E-state index contributed by atoms with van der Waals surface area (Å²) in [6.07, 6.45) is 11.4. The Bertz CT molecular complexity index is 488. The van der Waals surface area contributed by atoms with Gasteiger partial charge in [0.05, 0.1) is 0 Å². The molecule has 1 aliphatic rings. The van der Waals surface area contributed by atoms with Gasteiger partial charge < -0.3 is 22.4 Å². The minimum atomic E-state index is -0.504. The van der Waals surface area contributed by atoms with Crippen LogP contribution in [0.3, 0.4) is 0 Å². The molecule has 1 aliphatic carbocycles. The zero-order valence-corrected chi connectivity index (χ0v) is 14.3. The van der Waals surface area contributed by atoms with Gasteiger partial charge >= 0.3 is 0 Å². The predicted molar refractivity (Wildman–Crippen MR) is 89.7 cm³/mol. The molecule has 2 rings (SSSR count). The van der Waals surface area contributed by atoms with Crippen molar-refractivity contribution in [2.24, 2.45) is 0 Å². The molecule has 0 atom stereocenters. The van der Waals surface area contributed by atoms with E-state index in [0.717, 1.165) is 25.7 Å². The maximum atomic E-state index is 10.4. The molecule has 1 aromatic rings. The average Bonchev–Trinajstić information content (AvgIpc) is 2.48. The average molecular weight is 323 g/mol. The van der Waals surface area contributed by atoms with Crippen molar-refractivity contribution in [3.8, 4) is 0 Å². The summed E-state index contributed by atoms with van der Waals surface area (Å²) in [7, 11) is 4.08. The molecule has 1 fully saturated rings. The molecule has 1 saturated carbocycles. The highest BCUT2D eigenvalue weighted by Gasteiger charge is 2.31. The number of anilines is 1. The topological polar surface area (TPSA) is 37.4 Å². The van der Waals surface area contributed by atoms with Crippen molar-refractivity contribution in [1.82, 2.24) is 0 Å². The lowest BCUT2D eigenvalue weighted by Crippen LogP contribution is -3.00. The number of allylic oxidation sites excluding steroid dienone is 1. The van der Waals surface area contributed by atoms with E-state index in [4.69, 9.17) is 0 Å². The van der Waals surface area contributed by atoms with Crippen LogP contribution in [0.25, 0.3) is 6.08 Å². The van der Waals surface area contributed by atoms with E-state index < -0.39 is 5.60 Å². The Balaban J connectivity index is 0.00000242. The van der Waals surface area contributed by atoms with Gasteiger partial charge in [0.25, 0.3) is 0 Å². The molecule has 1 aromatic carbocycles. The molecule has 0 saturated heterocycles. The maximum absolute atomic E-state index is 10.4. The zero-order chi connectivity index (χ0) is 15.1. The fraction of sp³-hybridized carbons (Fsp3) is 0.500. The van der Waals surface area contributed by atoms with E-state index in [9.17, 15) is 5.11 Å². The van der Waals surface area contributed by atoms with Crippen LogP contribution in [0.2, 0.25) is 0 Å². The number of aliphatic hydroxyl groups is 1. The number of nitrogens with one attached hydrogen (secondary N) is 1. The summed E-state index contributed by atoms with van der Waals surface area (Å²) in [5.74, 6) is 0. The van der Waals surface area contributed by atoms with Crippen LogP contribution in [0.5, 0.6) is 0 Å². The molecule has 0 aromatic heterocycles. The van der Waals surface area contributed by atoms with Gasteiger partial charge in [-0.1, -0.05) is 31.4 Å². The van der Waals surface area contributed by atoms with E-state index in [2.05, 4.69) is 40.2 Å². The van der Waals surface area contributed by atoms with Gasteiger partial charge in [0.1, 0.15) is 5.60 Å². The molecule has 3 nitrogen and oxygen atoms in total. The second-order valence-electron chi connectivity index (χ2n) is 6.18. The molecule has 2 N–H and O–H groups in total. The zero-order valence-electron chi connectivity index (χ0n) is 13.6. The molecule has 0 heterocycles. The van der Waals surface area contributed by atoms with Crippen molar-refractivity contribution < 1.29 is 22.5 Å². The molecule has 0 spiro atoms. The second-order valence-corrected chi connectivity index (χ2v) is 6.18. The van der Waals surface area contributed by atoms with E-state index in [1.54, 1.807) is 0 Å². The van der Waals surface area contributed by atoms with E-state index in [1.807, 2.05) is 26.4 Å². The predicted octanol–water partition coefficient (Wildman–Crippen LogP) is -1.38. The van der Waals surface area contributed by atoms with Crippen molar-refractivity contribution in [2.75, 3.05) is 25.5 Å². The Morgan fingerprint density at radius 3 is 2.36 bits per heavy atom. The van der Waals surface area contributed by atoms with Crippen LogP contribution in [-0.4, -0.2) is 37.6 Å². The first-order valence-corrected chi connectivity index (χ1v) is 7.82. The highest BCUT2D eigenvalue weighted by Crippen LogP contribution is 2.26. The van der Waals surface area contributed by atoms with Gasteiger partial charge in [-0.15, -0.1) is 0 Å². The third kappa shape index (κ3) is 5.82. The van der Waals surface area contributed by atoms with Crippen molar-refractivity contribution in [1.29, 1.82) is 0 Å². The Morgan fingerprint density at radius 2 is 1.77 bits per heavy atom. The monoisotopic (exact) mass is 322 g/mol. The van der Waals surface area contributed by atoms with Gasteiger partial charge in [-0.3, -0.25) is 0 Å². The van der Waals surface area contributed by atoms with Gasteiger partial charge in [0.15, 0.2) is 12.8 Å². The third-order valence-electron chi connectivity index (χ3n) is 4.13. The molecule has 0 aliphatic heterocycles. The molecule has 0 amide bonds. The first-order chi connectivity index (χ1) is 10.1. The standard InChI is InChI=1S/C18H26N2O.ClH/c1-20(2)17-10-8-16(9-11-17)7-6-14-19-15-18(21)12-4-3-5-13-18;/h6-11,14,21H,3-5,12-13,15H2,1-2H3;1H/b7-6+,19-14?;. The summed E-state index contributed by atoms with van der Waals surface area (Å²) in [4.78, 5) is 5.31. The van der Waals surface area contributed by atoms with E-state index >= 15 is 0 Å². The van der Waals surface area contributed by atoms with Crippen LogP contribution < -0.4 is 22.3 Å². The number of hydrogen-bond donors (Lipinski definition) is 2. The highest BCUT2D eigenvalue weighted by atomic mass is 35.5. The summed E-state index contributed by atoms with van der Waals surface area (Å²) in [6, 6.07) is 8.43. The maximum Gasteiger partial charge on any atom is 0.169 e. The van der Waals surface area contributed by atoms with E-state index in [0.29, 0.717) is 6.54 Å². The molecule has 4 heteroatoms. The van der Waals surface area contributed by atoms with Gasteiger partial charge in [-0.05, 0) is 36.6 Å². The van der Waals surface area contributed by atoms with Crippen LogP contribution >= 0.6 is 0 Å². The molecule has 0 radical (unpaired) electrons. The minimum Gasteiger partial charge on any atom is -1.00 e. The van der Waals surface area contributed by atoms with Crippen LogP contribution in [0.1, 0.15) is 37.7 Å². The summed E-state index contributed by atoms with van der Waals surface area (Å²) >= 11 is 0. The number of nitrogens with zero attached hydrogens (tertiary/aromatic N) is 1. The Hall–Kier alpha value is -1.32. The first kappa shape index (κ1) is 18.7. The SMILES string of the molecule is CN(C)c1ccc(/C=C/C=[NH+]CC2(O)CCCCC2)cc1.[Cl-]. The molecule has 22 heavy (non-hydrogen) atoms. The molecule has 0 unspecified atom stereocenters. The number of benzene rings is 1. The van der Waals surface area contributed by atoms with Crippen molar-refractivity contribution in [2.45, 2.75) is 37.7 Å². The number of hydrogen-bond acceptors (Lipinski definition) is 2. The normalized spacial score (nSPS) is 17.6. The largest absolute Gasteiger partial charge is 1.00 e. The Morgan fingerprint density at radius 1 is 1.14 bits per heavy atom. The summed E-state index contributed by atoms with van der Waals surface area (Å²) in [6.45, 7) is 0.650. The highest BCUT2D eigenvalue weighted by molar-refractivity contribution is 5.74. The van der Waals surface area contributed by atoms with E-state index in [-0.39, 0.29) is 12.4 Å². The van der Waals surface area contributed by atoms with E-state index in [1.165, 1.54) is 17.7 Å². The van der Waals surface area contributed by atoms with Crippen LogP contribution in [0, 0.1) is 0 Å². The minimum absolute atomic E-state index is 0. The smallest absolute Gasteiger partial charge is 0.169 e. The molecule has 0 bridgehead atoms. The fourth-order valence-electron chi connectivity index (χ4n) is 2.75. The van der Waals surface area contributed by atoms with Crippen LogP contribution in [0.4, 0.5) is 5.69 Å². The lowest BCUT2D eigenvalue weighted by molar-refractivity contribution is -0.476. The van der Waals surface area contributed by atoms with Gasteiger partial charge in [0.2, 0.25) is 0 Å². The summed E-state index contributed by atoms with van der Waals surface area (Å²) in [5, 5.41) is 10.4. The fourth-order valence-corrected chi connectivity index (χ4v) is 2.75. The van der Waals surface area contributed by atoms with Gasteiger partial charge in [-0.25, -0.2) is 4.99 Å². The Labute approximate surface area is 140 Å². The summed E-state index contributed by atoms with van der Waals surface area (Å²) < 4.78 is 0. The van der Waals surface area contributed by atoms with Gasteiger partial charge in [0, 0.05) is 25.9 Å². The lowest BCUT2D eigenvalue weighted by atomic mass is 9.85. The number of halogens is 1. The second kappa shape index (κ2) is 8.96. The quantitative estimate of drug-likeness (QED) is 0.656. The van der Waals surface area contributed by atoms with Gasteiger partial charge in [-0.2, -0.15) is 0 Å². The van der Waals surface area contributed by atoms with Crippen LogP contribution in [0.15, 0.2) is 30.3 Å². The van der Waals surface area contributed by atoms with Crippen molar-refractivity contribution >= 4 is 18.0 Å². The summed E-state index contributed by atoms with van der Waals surface area (Å²) in [5.41, 5.74) is 1.87. The molecule has 122 valence electrons. The molecular formula is C18H27ClN2O. The lowest BCUT2D eigenvalue weighted by Gasteiger charge is -2.27. The third-order valence-corrected chi connectivity index (χ3v) is 4.13.